The van der Waals surface area contributed by atoms with Crippen LogP contribution >= 0.6 is 23.2 Å². The Hall–Kier alpha value is -1.45. The van der Waals surface area contributed by atoms with E-state index in [0.29, 0.717) is 16.6 Å². The van der Waals surface area contributed by atoms with E-state index in [9.17, 15) is 0 Å². The zero-order valence-corrected chi connectivity index (χ0v) is 15.0. The smallest absolute Gasteiger partial charge is 0.201 e. The average molecular weight is 363 g/mol. The highest BCUT2D eigenvalue weighted by Gasteiger charge is 2.41. The minimum atomic E-state index is 0.130. The number of rotatable bonds is 2. The Morgan fingerprint density at radius 2 is 1.92 bits per heavy atom. The van der Waals surface area contributed by atoms with E-state index < -0.39 is 0 Å². The second kappa shape index (κ2) is 6.45. The number of aliphatic imine (C=N–C) groups is 1. The maximum absolute atomic E-state index is 6.12. The number of halogens is 2. The van der Waals surface area contributed by atoms with Crippen molar-refractivity contribution in [3.05, 3.63) is 51.7 Å². The largest absolute Gasteiger partial charge is 0.448 e. The molecule has 0 saturated heterocycles. The number of benzene rings is 1. The van der Waals surface area contributed by atoms with Gasteiger partial charge >= 0.3 is 0 Å². The van der Waals surface area contributed by atoms with Gasteiger partial charge in [-0.25, -0.2) is 0 Å². The standard InChI is InChI=1S/C19H20Cl2N2O/c20-15-5-4-13(10-16(15)21)12-22-18-19(7-2-1-3-8-19)11-14-6-9-24-17(14)23-18/h4-6,9-10H,1-3,7-8,11-12H2,(H,22,23). The van der Waals surface area contributed by atoms with E-state index in [1.165, 1.54) is 37.7 Å². The molecule has 1 aromatic carbocycles. The normalized spacial score (nSPS) is 20.8. The van der Waals surface area contributed by atoms with Gasteiger partial charge in [-0.3, -0.25) is 4.99 Å². The van der Waals surface area contributed by atoms with Crippen LogP contribution in [0.25, 0.3) is 0 Å². The van der Waals surface area contributed by atoms with Crippen LogP contribution in [-0.4, -0.2) is 5.84 Å². The summed E-state index contributed by atoms with van der Waals surface area (Å²) in [6, 6.07) is 7.78. The van der Waals surface area contributed by atoms with Crippen LogP contribution in [0.2, 0.25) is 10.0 Å². The van der Waals surface area contributed by atoms with Crippen molar-refractivity contribution in [2.45, 2.75) is 45.1 Å². The summed E-state index contributed by atoms with van der Waals surface area (Å²) in [6.07, 6.45) is 9.00. The summed E-state index contributed by atoms with van der Waals surface area (Å²) in [5, 5.41) is 4.61. The Morgan fingerprint density at radius 3 is 2.71 bits per heavy atom. The molecule has 0 amide bonds. The van der Waals surface area contributed by atoms with Gasteiger partial charge in [0.1, 0.15) is 5.84 Å². The first-order valence-electron chi connectivity index (χ1n) is 8.49. The third kappa shape index (κ3) is 2.96. The van der Waals surface area contributed by atoms with Crippen LogP contribution in [0, 0.1) is 5.41 Å². The molecule has 24 heavy (non-hydrogen) atoms. The molecule has 0 radical (unpaired) electrons. The molecule has 2 aromatic rings. The first-order chi connectivity index (χ1) is 11.7. The van der Waals surface area contributed by atoms with Crippen LogP contribution in [0.3, 0.4) is 0 Å². The first-order valence-corrected chi connectivity index (χ1v) is 9.24. The van der Waals surface area contributed by atoms with Gasteiger partial charge in [0.15, 0.2) is 0 Å². The summed E-state index contributed by atoms with van der Waals surface area (Å²) in [7, 11) is 0. The molecule has 1 spiro atoms. The highest BCUT2D eigenvalue weighted by molar-refractivity contribution is 6.42. The molecule has 2 aliphatic rings. The SMILES string of the molecule is Clc1ccc(CN=C2Nc3occc3CC23CCCCC3)cc1Cl. The second-order valence-electron chi connectivity index (χ2n) is 6.83. The Kier molecular flexibility index (Phi) is 4.31. The number of anilines is 1. The summed E-state index contributed by atoms with van der Waals surface area (Å²) >= 11 is 12.1. The molecule has 1 aliphatic carbocycles. The number of hydrogen-bond donors (Lipinski definition) is 1. The summed E-state index contributed by atoms with van der Waals surface area (Å²) in [6.45, 7) is 0.594. The Balaban J connectivity index is 1.64. The first kappa shape index (κ1) is 16.0. The fourth-order valence-corrected chi connectivity index (χ4v) is 4.25. The fourth-order valence-electron chi connectivity index (χ4n) is 3.93. The van der Waals surface area contributed by atoms with Crippen molar-refractivity contribution < 1.29 is 4.42 Å². The van der Waals surface area contributed by atoms with Crippen molar-refractivity contribution in [1.29, 1.82) is 0 Å². The molecule has 1 N–H and O–H groups in total. The van der Waals surface area contributed by atoms with Crippen LogP contribution in [0.5, 0.6) is 0 Å². The molecule has 0 unspecified atom stereocenters. The van der Waals surface area contributed by atoms with E-state index in [-0.39, 0.29) is 5.41 Å². The lowest BCUT2D eigenvalue weighted by atomic mass is 9.68. The highest BCUT2D eigenvalue weighted by atomic mass is 35.5. The van der Waals surface area contributed by atoms with Gasteiger partial charge < -0.3 is 9.73 Å². The minimum Gasteiger partial charge on any atom is -0.448 e. The molecule has 5 heteroatoms. The third-order valence-electron chi connectivity index (χ3n) is 5.22. The summed E-state index contributed by atoms with van der Waals surface area (Å²) in [4.78, 5) is 4.92. The van der Waals surface area contributed by atoms with Gasteiger partial charge in [0, 0.05) is 11.0 Å². The van der Waals surface area contributed by atoms with E-state index in [2.05, 4.69) is 11.4 Å². The van der Waals surface area contributed by atoms with E-state index >= 15 is 0 Å². The minimum absolute atomic E-state index is 0.130. The molecule has 3 nitrogen and oxygen atoms in total. The molecule has 2 heterocycles. The van der Waals surface area contributed by atoms with Crippen molar-refractivity contribution >= 4 is 34.9 Å². The zero-order chi connectivity index (χ0) is 16.6. The molecule has 4 rings (SSSR count). The van der Waals surface area contributed by atoms with Gasteiger partial charge in [0.25, 0.3) is 0 Å². The van der Waals surface area contributed by atoms with Gasteiger partial charge in [0.05, 0.1) is 22.9 Å². The second-order valence-corrected chi connectivity index (χ2v) is 7.65. The van der Waals surface area contributed by atoms with Gasteiger partial charge in [-0.15, -0.1) is 0 Å². The van der Waals surface area contributed by atoms with Crippen LogP contribution in [0.15, 0.2) is 39.9 Å². The van der Waals surface area contributed by atoms with Crippen LogP contribution < -0.4 is 5.32 Å². The molecule has 1 saturated carbocycles. The van der Waals surface area contributed by atoms with E-state index in [1.54, 1.807) is 6.26 Å². The molecule has 0 bridgehead atoms. The maximum atomic E-state index is 6.12. The van der Waals surface area contributed by atoms with Gasteiger partial charge in [-0.2, -0.15) is 0 Å². The lowest BCUT2D eigenvalue weighted by Gasteiger charge is -2.41. The molecule has 1 aromatic heterocycles. The van der Waals surface area contributed by atoms with Crippen molar-refractivity contribution in [3.63, 3.8) is 0 Å². The van der Waals surface area contributed by atoms with Crippen LogP contribution in [-0.2, 0) is 13.0 Å². The van der Waals surface area contributed by atoms with Gasteiger partial charge in [0.2, 0.25) is 5.88 Å². The van der Waals surface area contributed by atoms with Crippen LogP contribution in [0.4, 0.5) is 5.88 Å². The number of amidine groups is 1. The maximum Gasteiger partial charge on any atom is 0.201 e. The Morgan fingerprint density at radius 1 is 1.08 bits per heavy atom. The van der Waals surface area contributed by atoms with Crippen LogP contribution in [0.1, 0.15) is 43.2 Å². The molecule has 0 atom stereocenters. The number of furan rings is 1. The van der Waals surface area contributed by atoms with Gasteiger partial charge in [-0.05, 0) is 43.0 Å². The summed E-state index contributed by atoms with van der Waals surface area (Å²) in [5.74, 6) is 1.91. The lowest BCUT2D eigenvalue weighted by Crippen LogP contribution is -2.43. The van der Waals surface area contributed by atoms with Crippen molar-refractivity contribution in [2.75, 3.05) is 5.32 Å². The molecule has 126 valence electrons. The Labute approximate surface area is 152 Å². The van der Waals surface area contributed by atoms with E-state index in [4.69, 9.17) is 32.6 Å². The summed E-state index contributed by atoms with van der Waals surface area (Å²) in [5.41, 5.74) is 2.46. The molecule has 1 fully saturated rings. The number of nitrogens with one attached hydrogen (secondary N) is 1. The zero-order valence-electron chi connectivity index (χ0n) is 13.4. The topological polar surface area (TPSA) is 37.5 Å². The fraction of sp³-hybridized carbons (Fsp3) is 0.421. The average Bonchev–Trinajstić information content (AvgIpc) is 3.03. The lowest BCUT2D eigenvalue weighted by molar-refractivity contribution is 0.276. The molecular weight excluding hydrogens is 343 g/mol. The van der Waals surface area contributed by atoms with E-state index in [1.807, 2.05) is 18.2 Å². The van der Waals surface area contributed by atoms with Crippen molar-refractivity contribution in [1.82, 2.24) is 0 Å². The molecule has 1 aliphatic heterocycles. The Bertz CT molecular complexity index is 775. The quantitative estimate of drug-likeness (QED) is 0.700. The number of hydrogen-bond acceptors (Lipinski definition) is 2. The molecular formula is C19H20Cl2N2O. The van der Waals surface area contributed by atoms with E-state index in [0.717, 1.165) is 23.7 Å². The van der Waals surface area contributed by atoms with Crippen molar-refractivity contribution in [3.8, 4) is 0 Å². The monoisotopic (exact) mass is 362 g/mol. The number of nitrogens with zero attached hydrogens (tertiary/aromatic N) is 1. The number of fused-ring (bicyclic) bond motifs is 1. The van der Waals surface area contributed by atoms with Gasteiger partial charge in [-0.1, -0.05) is 48.5 Å². The summed E-state index contributed by atoms with van der Waals surface area (Å²) < 4.78 is 5.58. The third-order valence-corrected chi connectivity index (χ3v) is 5.96. The predicted octanol–water partition coefficient (Wildman–Crippen LogP) is 6.10. The predicted molar refractivity (Wildman–Crippen MR) is 99.2 cm³/mol. The highest BCUT2D eigenvalue weighted by Crippen LogP contribution is 2.45. The van der Waals surface area contributed by atoms with Crippen molar-refractivity contribution in [2.24, 2.45) is 10.4 Å².